The van der Waals surface area contributed by atoms with Crippen LogP contribution in [0.25, 0.3) is 0 Å². The Bertz CT molecular complexity index is 299. The third kappa shape index (κ3) is 5.09. The molecule has 0 aliphatic carbocycles. The molecular weight excluding hydrogens is 244 g/mol. The van der Waals surface area contributed by atoms with Crippen molar-refractivity contribution in [3.05, 3.63) is 0 Å². The van der Waals surface area contributed by atoms with Gasteiger partial charge in [0, 0.05) is 26.2 Å². The zero-order valence-electron chi connectivity index (χ0n) is 12.1. The van der Waals surface area contributed by atoms with Crippen molar-refractivity contribution >= 4 is 12.0 Å². The Morgan fingerprint density at radius 3 is 2.16 bits per heavy atom. The molecule has 0 spiro atoms. The molecule has 0 saturated carbocycles. The molecule has 0 aromatic heterocycles. The summed E-state index contributed by atoms with van der Waals surface area (Å²) in [6.07, 6.45) is 5.73. The zero-order valence-corrected chi connectivity index (χ0v) is 12.1. The van der Waals surface area contributed by atoms with Gasteiger partial charge in [0.15, 0.2) is 0 Å². The number of carboxylic acid groups (broad SMARTS) is 1. The van der Waals surface area contributed by atoms with Crippen molar-refractivity contribution in [3.63, 3.8) is 0 Å². The molecule has 1 saturated heterocycles. The van der Waals surface area contributed by atoms with Gasteiger partial charge in [0.2, 0.25) is 0 Å². The Balaban J connectivity index is 2.57. The predicted molar refractivity (Wildman–Crippen MR) is 74.1 cm³/mol. The van der Waals surface area contributed by atoms with Crippen LogP contribution in [0.5, 0.6) is 0 Å². The number of carbonyl (C=O) groups excluding carboxylic acids is 1. The average Bonchev–Trinajstić information content (AvgIpc) is 2.34. The van der Waals surface area contributed by atoms with E-state index in [2.05, 4.69) is 0 Å². The van der Waals surface area contributed by atoms with E-state index in [1.807, 2.05) is 11.8 Å². The highest BCUT2D eigenvalue weighted by Gasteiger charge is 2.23. The summed E-state index contributed by atoms with van der Waals surface area (Å²) in [4.78, 5) is 26.8. The summed E-state index contributed by atoms with van der Waals surface area (Å²) in [6.45, 7) is 6.00. The average molecular weight is 270 g/mol. The summed E-state index contributed by atoms with van der Waals surface area (Å²) < 4.78 is 0. The number of urea groups is 1. The molecule has 1 N–H and O–H groups in total. The molecule has 2 amide bonds. The largest absolute Gasteiger partial charge is 0.481 e. The van der Waals surface area contributed by atoms with Crippen LogP contribution in [0.4, 0.5) is 4.79 Å². The third-order valence-electron chi connectivity index (χ3n) is 3.69. The normalized spacial score (nSPS) is 18.3. The van der Waals surface area contributed by atoms with Crippen molar-refractivity contribution in [1.29, 1.82) is 0 Å². The van der Waals surface area contributed by atoms with Crippen LogP contribution in [-0.4, -0.2) is 53.1 Å². The summed E-state index contributed by atoms with van der Waals surface area (Å²) in [5.74, 6) is -1.36. The molecule has 1 aliphatic rings. The molecule has 0 aromatic rings. The van der Waals surface area contributed by atoms with E-state index >= 15 is 0 Å². The molecule has 5 nitrogen and oxygen atoms in total. The third-order valence-corrected chi connectivity index (χ3v) is 3.69. The van der Waals surface area contributed by atoms with Crippen molar-refractivity contribution in [2.75, 3.05) is 26.2 Å². The lowest BCUT2D eigenvalue weighted by molar-refractivity contribution is -0.141. The van der Waals surface area contributed by atoms with Crippen molar-refractivity contribution in [1.82, 2.24) is 9.80 Å². The minimum absolute atomic E-state index is 0.00231. The summed E-state index contributed by atoms with van der Waals surface area (Å²) in [5, 5.41) is 8.95. The number of rotatable bonds is 4. The highest BCUT2D eigenvalue weighted by Crippen LogP contribution is 2.13. The van der Waals surface area contributed by atoms with Crippen molar-refractivity contribution in [3.8, 4) is 0 Å². The lowest BCUT2D eigenvalue weighted by atomic mass is 10.1. The molecule has 1 heterocycles. The monoisotopic (exact) mass is 270 g/mol. The van der Waals surface area contributed by atoms with E-state index in [4.69, 9.17) is 5.11 Å². The fraction of sp³-hybridized carbons (Fsp3) is 0.857. The minimum atomic E-state index is -0.848. The molecule has 0 aromatic carbocycles. The van der Waals surface area contributed by atoms with Crippen LogP contribution in [-0.2, 0) is 4.79 Å². The van der Waals surface area contributed by atoms with Crippen LogP contribution < -0.4 is 0 Å². The van der Waals surface area contributed by atoms with Crippen LogP contribution in [0.3, 0.4) is 0 Å². The van der Waals surface area contributed by atoms with Crippen LogP contribution in [0.1, 0.15) is 46.0 Å². The van der Waals surface area contributed by atoms with Gasteiger partial charge in [0.05, 0.1) is 5.92 Å². The summed E-state index contributed by atoms with van der Waals surface area (Å²) in [7, 11) is 0. The standard InChI is InChI=1S/C14H26N2O3/c1-3-15(11-12(2)13(17)18)14(19)16-9-7-5-4-6-8-10-16/h12H,3-11H2,1-2H3,(H,17,18). The second kappa shape index (κ2) is 8.02. The summed E-state index contributed by atoms with van der Waals surface area (Å²) >= 11 is 0. The Labute approximate surface area is 115 Å². The van der Waals surface area contributed by atoms with Crippen LogP contribution in [0.15, 0.2) is 0 Å². The maximum Gasteiger partial charge on any atom is 0.320 e. The van der Waals surface area contributed by atoms with Gasteiger partial charge in [0.1, 0.15) is 0 Å². The number of hydrogen-bond acceptors (Lipinski definition) is 2. The van der Waals surface area contributed by atoms with E-state index in [9.17, 15) is 9.59 Å². The van der Waals surface area contributed by atoms with E-state index in [1.54, 1.807) is 11.8 Å². The van der Waals surface area contributed by atoms with E-state index in [0.29, 0.717) is 13.1 Å². The molecule has 1 unspecified atom stereocenters. The van der Waals surface area contributed by atoms with Gasteiger partial charge in [-0.15, -0.1) is 0 Å². The molecule has 0 radical (unpaired) electrons. The second-order valence-corrected chi connectivity index (χ2v) is 5.32. The fourth-order valence-corrected chi connectivity index (χ4v) is 2.39. The lowest BCUT2D eigenvalue weighted by Crippen LogP contribution is -2.46. The molecule has 110 valence electrons. The van der Waals surface area contributed by atoms with Gasteiger partial charge in [-0.3, -0.25) is 4.79 Å². The van der Waals surface area contributed by atoms with Gasteiger partial charge < -0.3 is 14.9 Å². The van der Waals surface area contributed by atoms with Gasteiger partial charge in [-0.05, 0) is 19.8 Å². The van der Waals surface area contributed by atoms with E-state index in [-0.39, 0.29) is 6.03 Å². The molecule has 1 aliphatic heterocycles. The Morgan fingerprint density at radius 2 is 1.68 bits per heavy atom. The zero-order chi connectivity index (χ0) is 14.3. The SMILES string of the molecule is CCN(CC(C)C(=O)O)C(=O)N1CCCCCCC1. The number of amides is 2. The first-order chi connectivity index (χ1) is 9.06. The van der Waals surface area contributed by atoms with Crippen LogP contribution >= 0.6 is 0 Å². The first kappa shape index (κ1) is 15.8. The van der Waals surface area contributed by atoms with Crippen molar-refractivity contribution < 1.29 is 14.7 Å². The highest BCUT2D eigenvalue weighted by molar-refractivity contribution is 5.76. The second-order valence-electron chi connectivity index (χ2n) is 5.32. The highest BCUT2D eigenvalue weighted by atomic mass is 16.4. The van der Waals surface area contributed by atoms with E-state index in [0.717, 1.165) is 25.9 Å². The molecule has 1 fully saturated rings. The Kier molecular flexibility index (Phi) is 6.67. The van der Waals surface area contributed by atoms with Crippen LogP contribution in [0, 0.1) is 5.92 Å². The van der Waals surface area contributed by atoms with Crippen molar-refractivity contribution in [2.24, 2.45) is 5.92 Å². The first-order valence-electron chi connectivity index (χ1n) is 7.33. The Morgan fingerprint density at radius 1 is 1.16 bits per heavy atom. The number of carboxylic acids is 1. The van der Waals surface area contributed by atoms with Crippen molar-refractivity contribution in [2.45, 2.75) is 46.0 Å². The molecule has 0 bridgehead atoms. The lowest BCUT2D eigenvalue weighted by Gasteiger charge is -2.32. The molecule has 1 rings (SSSR count). The predicted octanol–water partition coefficient (Wildman–Crippen LogP) is 2.42. The van der Waals surface area contributed by atoms with Gasteiger partial charge in [0.25, 0.3) is 0 Å². The van der Waals surface area contributed by atoms with Crippen LogP contribution in [0.2, 0.25) is 0 Å². The van der Waals surface area contributed by atoms with Gasteiger partial charge in [-0.1, -0.05) is 26.2 Å². The molecule has 1 atom stereocenters. The number of hydrogen-bond donors (Lipinski definition) is 1. The fourth-order valence-electron chi connectivity index (χ4n) is 2.39. The Hall–Kier alpha value is -1.26. The number of likely N-dealkylation sites (tertiary alicyclic amines) is 1. The smallest absolute Gasteiger partial charge is 0.320 e. The van der Waals surface area contributed by atoms with E-state index < -0.39 is 11.9 Å². The molecular formula is C14H26N2O3. The first-order valence-corrected chi connectivity index (χ1v) is 7.33. The van der Waals surface area contributed by atoms with Gasteiger partial charge in [-0.2, -0.15) is 0 Å². The molecule has 19 heavy (non-hydrogen) atoms. The summed E-state index contributed by atoms with van der Waals surface area (Å²) in [5.41, 5.74) is 0. The number of aliphatic carboxylic acids is 1. The molecule has 5 heteroatoms. The van der Waals surface area contributed by atoms with Gasteiger partial charge >= 0.3 is 12.0 Å². The topological polar surface area (TPSA) is 60.9 Å². The van der Waals surface area contributed by atoms with Gasteiger partial charge in [-0.25, -0.2) is 4.79 Å². The number of carbonyl (C=O) groups is 2. The minimum Gasteiger partial charge on any atom is -0.481 e. The maximum absolute atomic E-state index is 12.4. The quantitative estimate of drug-likeness (QED) is 0.853. The van der Waals surface area contributed by atoms with E-state index in [1.165, 1.54) is 19.3 Å². The number of nitrogens with zero attached hydrogens (tertiary/aromatic N) is 2. The summed E-state index contributed by atoms with van der Waals surface area (Å²) in [6, 6.07) is -0.00231. The maximum atomic E-state index is 12.4.